The second-order valence-corrected chi connectivity index (χ2v) is 7.76. The van der Waals surface area contributed by atoms with E-state index in [0.717, 1.165) is 33.0 Å². The average molecular weight is 440 g/mol. The van der Waals surface area contributed by atoms with Gasteiger partial charge in [0.2, 0.25) is 0 Å². The molecule has 0 radical (unpaired) electrons. The van der Waals surface area contributed by atoms with Gasteiger partial charge in [-0.15, -0.1) is 0 Å². The largest absolute Gasteiger partial charge is 0.462 e. The topological polar surface area (TPSA) is 55.4 Å². The van der Waals surface area contributed by atoms with Crippen LogP contribution in [0.15, 0.2) is 79.4 Å². The Morgan fingerprint density at radius 1 is 1.03 bits per heavy atom. The van der Waals surface area contributed by atoms with E-state index in [1.54, 1.807) is 25.1 Å². The number of hydrogen-bond donors (Lipinski definition) is 1. The molecule has 0 aliphatic carbocycles. The van der Waals surface area contributed by atoms with E-state index in [2.05, 4.69) is 18.0 Å². The first-order valence-corrected chi connectivity index (χ1v) is 11.0. The van der Waals surface area contributed by atoms with Crippen LogP contribution in [0.2, 0.25) is 0 Å². The Kier molecular flexibility index (Phi) is 7.62. The Balaban J connectivity index is 2.05. The first-order valence-electron chi connectivity index (χ1n) is 11.0. The van der Waals surface area contributed by atoms with Crippen molar-refractivity contribution in [3.63, 3.8) is 0 Å². The number of fused-ring (bicyclic) bond motifs is 1. The third kappa shape index (κ3) is 5.29. The minimum atomic E-state index is -0.370. The number of nitrogens with one attached hydrogen (secondary N) is 1. The van der Waals surface area contributed by atoms with Crippen molar-refractivity contribution in [2.75, 3.05) is 11.9 Å². The number of rotatable bonds is 7. The minimum Gasteiger partial charge on any atom is -0.462 e. The predicted molar refractivity (Wildman–Crippen MR) is 137 cm³/mol. The number of amides is 1. The molecule has 0 unspecified atom stereocenters. The summed E-state index contributed by atoms with van der Waals surface area (Å²) in [5.41, 5.74) is 5.18. The van der Waals surface area contributed by atoms with Crippen molar-refractivity contribution in [2.45, 2.75) is 27.7 Å². The van der Waals surface area contributed by atoms with Crippen LogP contribution in [0.3, 0.4) is 0 Å². The van der Waals surface area contributed by atoms with Gasteiger partial charge in [-0.3, -0.25) is 4.79 Å². The van der Waals surface area contributed by atoms with E-state index in [0.29, 0.717) is 23.4 Å². The third-order valence-corrected chi connectivity index (χ3v) is 5.41. The lowest BCUT2D eigenvalue weighted by Gasteiger charge is -2.15. The quantitative estimate of drug-likeness (QED) is 0.317. The van der Waals surface area contributed by atoms with Gasteiger partial charge in [-0.05, 0) is 85.0 Å². The Morgan fingerprint density at radius 2 is 1.73 bits per heavy atom. The van der Waals surface area contributed by atoms with Gasteiger partial charge in [0.15, 0.2) is 0 Å². The molecule has 4 heteroatoms. The summed E-state index contributed by atoms with van der Waals surface area (Å²) in [6.07, 6.45) is 7.66. The van der Waals surface area contributed by atoms with E-state index < -0.39 is 0 Å². The second kappa shape index (κ2) is 10.6. The van der Waals surface area contributed by atoms with Crippen molar-refractivity contribution in [3.05, 3.63) is 107 Å². The molecule has 168 valence electrons. The van der Waals surface area contributed by atoms with Gasteiger partial charge in [-0.1, -0.05) is 55.1 Å². The van der Waals surface area contributed by atoms with Gasteiger partial charge in [-0.25, -0.2) is 4.79 Å². The summed E-state index contributed by atoms with van der Waals surface area (Å²) in [5.74, 6) is -0.581. The molecule has 3 aromatic carbocycles. The van der Waals surface area contributed by atoms with Gasteiger partial charge >= 0.3 is 5.97 Å². The van der Waals surface area contributed by atoms with Gasteiger partial charge in [0, 0.05) is 11.3 Å². The van der Waals surface area contributed by atoms with Crippen molar-refractivity contribution >= 4 is 33.9 Å². The molecular formula is C29H29NO3. The highest BCUT2D eigenvalue weighted by Gasteiger charge is 2.17. The fourth-order valence-electron chi connectivity index (χ4n) is 3.82. The zero-order valence-corrected chi connectivity index (χ0v) is 19.6. The number of carbonyl (C=O) groups is 2. The summed E-state index contributed by atoms with van der Waals surface area (Å²) < 4.78 is 5.11. The number of allylic oxidation sites excluding steroid dienone is 5. The lowest BCUT2D eigenvalue weighted by atomic mass is 9.95. The molecule has 0 aliphatic rings. The maximum Gasteiger partial charge on any atom is 0.338 e. The van der Waals surface area contributed by atoms with Gasteiger partial charge in [-0.2, -0.15) is 0 Å². The van der Waals surface area contributed by atoms with Crippen LogP contribution >= 0.6 is 0 Å². The van der Waals surface area contributed by atoms with Crippen molar-refractivity contribution in [1.29, 1.82) is 0 Å². The number of ether oxygens (including phenoxy) is 1. The van der Waals surface area contributed by atoms with Crippen LogP contribution in [0, 0.1) is 13.8 Å². The average Bonchev–Trinajstić information content (AvgIpc) is 2.81. The first-order chi connectivity index (χ1) is 15.9. The summed E-state index contributed by atoms with van der Waals surface area (Å²) >= 11 is 0. The standard InChI is InChI=1S/C29H29NO3/c1-6-9-12-21(7-2)23-17-22-13-10-11-14-25(22)26(18-23)28(31)30-27-19(4)15-24(16-20(27)5)29(32)33-8-3/h6-7,9-18H,2,8H2,1,3-5H3,(H,30,31). The van der Waals surface area contributed by atoms with Crippen molar-refractivity contribution in [2.24, 2.45) is 0 Å². The molecule has 3 rings (SSSR count). The summed E-state index contributed by atoms with van der Waals surface area (Å²) in [4.78, 5) is 25.6. The number of carbonyl (C=O) groups excluding carboxylic acids is 2. The lowest BCUT2D eigenvalue weighted by molar-refractivity contribution is 0.0526. The molecule has 0 bridgehead atoms. The van der Waals surface area contributed by atoms with E-state index in [9.17, 15) is 9.59 Å². The van der Waals surface area contributed by atoms with Crippen LogP contribution < -0.4 is 5.32 Å². The zero-order valence-electron chi connectivity index (χ0n) is 19.6. The van der Waals surface area contributed by atoms with Crippen LogP contribution in [0.5, 0.6) is 0 Å². The van der Waals surface area contributed by atoms with E-state index >= 15 is 0 Å². The Bertz CT molecular complexity index is 1260. The number of hydrogen-bond acceptors (Lipinski definition) is 3. The predicted octanol–water partition coefficient (Wildman–Crippen LogP) is 7.03. The van der Waals surface area contributed by atoms with Gasteiger partial charge in [0.1, 0.15) is 0 Å². The minimum absolute atomic E-state index is 0.211. The van der Waals surface area contributed by atoms with Crippen LogP contribution in [0.4, 0.5) is 5.69 Å². The maximum absolute atomic E-state index is 13.5. The molecule has 0 atom stereocenters. The molecule has 0 fully saturated rings. The molecule has 0 spiro atoms. The van der Waals surface area contributed by atoms with E-state index in [1.165, 1.54) is 0 Å². The molecule has 0 saturated carbocycles. The monoisotopic (exact) mass is 439 g/mol. The number of anilines is 1. The van der Waals surface area contributed by atoms with Gasteiger partial charge in [0.05, 0.1) is 12.2 Å². The fraction of sp³-hybridized carbons (Fsp3) is 0.172. The molecule has 0 saturated heterocycles. The molecule has 1 N–H and O–H groups in total. The smallest absolute Gasteiger partial charge is 0.338 e. The van der Waals surface area contributed by atoms with Gasteiger partial charge in [0.25, 0.3) is 5.91 Å². The third-order valence-electron chi connectivity index (χ3n) is 5.41. The van der Waals surface area contributed by atoms with E-state index in [4.69, 9.17) is 4.74 Å². The van der Waals surface area contributed by atoms with Crippen molar-refractivity contribution in [1.82, 2.24) is 0 Å². The van der Waals surface area contributed by atoms with Crippen LogP contribution in [0.1, 0.15) is 51.3 Å². The molecule has 3 aromatic rings. The highest BCUT2D eigenvalue weighted by atomic mass is 16.5. The SMILES string of the molecule is C=CC(=CC=CC)c1cc(C(=O)Nc2c(C)cc(C(=O)OCC)cc2C)c2ccccc2c1. The summed E-state index contributed by atoms with van der Waals surface area (Å²) in [7, 11) is 0. The summed E-state index contributed by atoms with van der Waals surface area (Å²) in [6.45, 7) is 11.7. The Hall–Kier alpha value is -3.92. The highest BCUT2D eigenvalue weighted by Crippen LogP contribution is 2.28. The fourth-order valence-corrected chi connectivity index (χ4v) is 3.82. The molecule has 0 heterocycles. The lowest BCUT2D eigenvalue weighted by Crippen LogP contribution is -2.15. The molecular weight excluding hydrogens is 410 g/mol. The van der Waals surface area contributed by atoms with E-state index in [1.807, 2.05) is 69.3 Å². The van der Waals surface area contributed by atoms with Crippen molar-refractivity contribution in [3.8, 4) is 0 Å². The van der Waals surface area contributed by atoms with Crippen LogP contribution in [0.25, 0.3) is 16.3 Å². The zero-order chi connectivity index (χ0) is 24.0. The number of benzene rings is 3. The molecule has 0 aliphatic heterocycles. The summed E-state index contributed by atoms with van der Waals surface area (Å²) in [6, 6.07) is 15.3. The number of esters is 1. The maximum atomic E-state index is 13.5. The molecule has 33 heavy (non-hydrogen) atoms. The van der Waals surface area contributed by atoms with Gasteiger partial charge < -0.3 is 10.1 Å². The molecule has 0 aromatic heterocycles. The Morgan fingerprint density at radius 3 is 2.36 bits per heavy atom. The Labute approximate surface area is 195 Å². The molecule has 4 nitrogen and oxygen atoms in total. The second-order valence-electron chi connectivity index (χ2n) is 7.76. The number of aryl methyl sites for hydroxylation is 2. The first kappa shape index (κ1) is 23.7. The summed E-state index contributed by atoms with van der Waals surface area (Å²) in [5, 5.41) is 4.90. The normalized spacial score (nSPS) is 11.6. The van der Waals surface area contributed by atoms with Crippen LogP contribution in [-0.4, -0.2) is 18.5 Å². The van der Waals surface area contributed by atoms with Crippen LogP contribution in [-0.2, 0) is 4.74 Å². The molecule has 1 amide bonds. The van der Waals surface area contributed by atoms with E-state index in [-0.39, 0.29) is 11.9 Å². The highest BCUT2D eigenvalue weighted by molar-refractivity contribution is 6.14. The van der Waals surface area contributed by atoms with Crippen molar-refractivity contribution < 1.29 is 14.3 Å².